The first kappa shape index (κ1) is 32.5. The Morgan fingerprint density at radius 2 is 1.67 bits per heavy atom. The predicted octanol–water partition coefficient (Wildman–Crippen LogP) is 8.93. The van der Waals surface area contributed by atoms with Crippen LogP contribution in [-0.4, -0.2) is 27.6 Å². The van der Waals surface area contributed by atoms with Crippen molar-refractivity contribution in [1.29, 1.82) is 0 Å². The summed E-state index contributed by atoms with van der Waals surface area (Å²) in [5.74, 6) is 1.51. The third kappa shape index (κ3) is 6.71. The van der Waals surface area contributed by atoms with Crippen molar-refractivity contribution in [3.8, 4) is 22.6 Å². The van der Waals surface area contributed by atoms with E-state index in [0.29, 0.717) is 11.6 Å². The fraction of sp³-hybridized carbons (Fsp3) is 0.237. The van der Waals surface area contributed by atoms with Crippen molar-refractivity contribution in [2.75, 3.05) is 0 Å². The molecule has 0 spiro atoms. The number of nitrogens with zero attached hydrogens (tertiary/aromatic N) is 4. The van der Waals surface area contributed by atoms with Gasteiger partial charge in [-0.25, -0.2) is 4.98 Å². The molecule has 0 amide bonds. The molecule has 0 N–H and O–H groups in total. The zero-order valence-corrected chi connectivity index (χ0v) is 30.3. The third-order valence-electron chi connectivity index (χ3n) is 7.86. The number of rotatable bonds is 5. The molecule has 0 atom stereocenters. The minimum atomic E-state index is -1.34. The fourth-order valence-electron chi connectivity index (χ4n) is 5.73. The number of hydrogen-bond donors (Lipinski definition) is 0. The molecule has 0 saturated heterocycles. The maximum absolute atomic E-state index is 6.07. The monoisotopic (exact) mass is 787 g/mol. The van der Waals surface area contributed by atoms with E-state index in [1.165, 1.54) is 10.8 Å². The van der Waals surface area contributed by atoms with Gasteiger partial charge in [-0.05, 0) is 54.4 Å². The van der Waals surface area contributed by atoms with Crippen LogP contribution in [0.1, 0.15) is 25.1 Å². The number of aromatic nitrogens is 4. The van der Waals surface area contributed by atoms with Crippen molar-refractivity contribution in [2.24, 2.45) is 13.0 Å². The number of pyridine rings is 2. The molecule has 0 aliphatic rings. The number of aryl methyl sites for hydroxylation is 2. The summed E-state index contributed by atoms with van der Waals surface area (Å²) in [6, 6.07) is 33.0. The molecule has 45 heavy (non-hydrogen) atoms. The summed E-state index contributed by atoms with van der Waals surface area (Å²) in [6.07, 6.45) is 3.24. The molecule has 0 fully saturated rings. The molecule has 3 aromatic carbocycles. The Hall–Kier alpha value is -3.90. The molecule has 231 valence electrons. The Morgan fingerprint density at radius 3 is 2.38 bits per heavy atom. The number of imidazole rings is 1. The molecule has 7 heteroatoms. The van der Waals surface area contributed by atoms with E-state index in [2.05, 4.69) is 90.6 Å². The van der Waals surface area contributed by atoms with Crippen LogP contribution in [0.25, 0.3) is 55.7 Å². The van der Waals surface area contributed by atoms with Gasteiger partial charge in [-0.3, -0.25) is 4.98 Å². The summed E-state index contributed by atoms with van der Waals surface area (Å²) in [5.41, 5.74) is 8.89. The van der Waals surface area contributed by atoms with Gasteiger partial charge in [0.05, 0.1) is 30.5 Å². The standard InChI is InChI=1S/C20H14N3O.C18H24NSi.Ir/c1-12-10-11-14-13-6-5-7-15(18(13)24-20(14)21-12)19-22-16-8-3-4-9-17(16)23(19)2;1-14(2)11-16-12-17(15-9-7-6-8-10-15)19-13-18(16)20(3,4)5;/h3-6,8-11H,1-2H3;6-9,12-14H,11H2,1-5H3;/q2*-1;. The summed E-state index contributed by atoms with van der Waals surface area (Å²) in [6.45, 7) is 13.7. The van der Waals surface area contributed by atoms with E-state index in [9.17, 15) is 0 Å². The van der Waals surface area contributed by atoms with Gasteiger partial charge in [-0.2, -0.15) is 0 Å². The number of furan rings is 1. The zero-order valence-electron chi connectivity index (χ0n) is 26.9. The predicted molar refractivity (Wildman–Crippen MR) is 185 cm³/mol. The van der Waals surface area contributed by atoms with Crippen molar-refractivity contribution in [2.45, 2.75) is 46.8 Å². The van der Waals surface area contributed by atoms with Crippen molar-refractivity contribution < 1.29 is 24.5 Å². The minimum absolute atomic E-state index is 0. The van der Waals surface area contributed by atoms with Crippen molar-refractivity contribution in [1.82, 2.24) is 19.5 Å². The van der Waals surface area contributed by atoms with Crippen molar-refractivity contribution >= 4 is 46.4 Å². The zero-order chi connectivity index (χ0) is 31.0. The molecule has 1 radical (unpaired) electrons. The Balaban J connectivity index is 0.000000177. The molecular formula is C38H38IrN4OSi-2. The molecule has 0 aliphatic carbocycles. The normalized spacial score (nSPS) is 11.6. The van der Waals surface area contributed by atoms with Crippen LogP contribution in [0.4, 0.5) is 0 Å². The van der Waals surface area contributed by atoms with Gasteiger partial charge in [-0.1, -0.05) is 68.2 Å². The molecule has 5 nitrogen and oxygen atoms in total. The van der Waals surface area contributed by atoms with Crippen LogP contribution in [0.2, 0.25) is 19.6 Å². The van der Waals surface area contributed by atoms with Crippen LogP contribution in [0, 0.1) is 25.0 Å². The van der Waals surface area contributed by atoms with Crippen LogP contribution in [0.5, 0.6) is 0 Å². The van der Waals surface area contributed by atoms with Gasteiger partial charge >= 0.3 is 0 Å². The van der Waals surface area contributed by atoms with E-state index in [1.54, 1.807) is 0 Å². The van der Waals surface area contributed by atoms with Crippen LogP contribution >= 0.6 is 0 Å². The van der Waals surface area contributed by atoms with Gasteiger partial charge in [0.25, 0.3) is 0 Å². The maximum Gasteiger partial charge on any atom is 0.216 e. The van der Waals surface area contributed by atoms with Crippen LogP contribution in [-0.2, 0) is 33.6 Å². The van der Waals surface area contributed by atoms with Crippen LogP contribution < -0.4 is 5.19 Å². The SMILES string of the molecule is CC(C)Cc1cc(-c2[c-]cccc2)ncc1[Si](C)(C)C.Cc1ccc2c(n1)oc1c(-c3nc4ccccc4n3C)[c-]ccc12.[Ir]. The molecule has 4 aromatic heterocycles. The molecule has 7 aromatic rings. The summed E-state index contributed by atoms with van der Waals surface area (Å²) in [7, 11) is 0.675. The minimum Gasteiger partial charge on any atom is -0.486 e. The molecule has 0 saturated carbocycles. The average Bonchev–Trinajstić information content (AvgIpc) is 3.54. The second kappa shape index (κ2) is 13.2. The molecular weight excluding hydrogens is 749 g/mol. The average molecular weight is 787 g/mol. The smallest absolute Gasteiger partial charge is 0.216 e. The van der Waals surface area contributed by atoms with Crippen LogP contribution in [0.3, 0.4) is 0 Å². The molecule has 7 rings (SSSR count). The Morgan fingerprint density at radius 1 is 0.889 bits per heavy atom. The Kier molecular flexibility index (Phi) is 9.54. The largest absolute Gasteiger partial charge is 0.486 e. The van der Waals surface area contributed by atoms with E-state index in [1.807, 2.05) is 68.6 Å². The first-order valence-corrected chi connectivity index (χ1v) is 18.7. The number of benzene rings is 3. The first-order chi connectivity index (χ1) is 21.1. The molecule has 0 aliphatic heterocycles. The number of fused-ring (bicyclic) bond motifs is 4. The van der Waals surface area contributed by atoms with E-state index in [0.717, 1.165) is 62.1 Å². The third-order valence-corrected chi connectivity index (χ3v) is 9.93. The summed E-state index contributed by atoms with van der Waals surface area (Å²) < 4.78 is 8.15. The van der Waals surface area contributed by atoms with Gasteiger partial charge in [-0.15, -0.1) is 54.1 Å². The van der Waals surface area contributed by atoms with E-state index < -0.39 is 8.07 Å². The molecule has 4 heterocycles. The molecule has 0 unspecified atom stereocenters. The Labute approximate surface area is 280 Å². The van der Waals surface area contributed by atoms with Gasteiger partial charge in [0, 0.05) is 44.4 Å². The molecule has 0 bridgehead atoms. The van der Waals surface area contributed by atoms with E-state index in [4.69, 9.17) is 9.40 Å². The first-order valence-electron chi connectivity index (χ1n) is 15.2. The van der Waals surface area contributed by atoms with Gasteiger partial charge in [0.2, 0.25) is 5.71 Å². The summed E-state index contributed by atoms with van der Waals surface area (Å²) in [4.78, 5) is 14.0. The quantitative estimate of drug-likeness (QED) is 0.129. The second-order valence-electron chi connectivity index (χ2n) is 12.8. The number of hydrogen-bond acceptors (Lipinski definition) is 4. The maximum atomic E-state index is 6.07. The van der Waals surface area contributed by atoms with E-state index >= 15 is 0 Å². The van der Waals surface area contributed by atoms with Crippen molar-refractivity contribution in [3.05, 3.63) is 108 Å². The van der Waals surface area contributed by atoms with Gasteiger partial charge in [0.15, 0.2) is 0 Å². The van der Waals surface area contributed by atoms with Gasteiger partial charge < -0.3 is 14.0 Å². The summed E-state index contributed by atoms with van der Waals surface area (Å²) >= 11 is 0. The fourth-order valence-corrected chi connectivity index (χ4v) is 7.32. The second-order valence-corrected chi connectivity index (χ2v) is 17.9. The Bertz CT molecular complexity index is 2090. The van der Waals surface area contributed by atoms with Crippen LogP contribution in [0.15, 0.2) is 89.5 Å². The van der Waals surface area contributed by atoms with Crippen molar-refractivity contribution in [3.63, 3.8) is 0 Å². The number of para-hydroxylation sites is 2. The summed E-state index contributed by atoms with van der Waals surface area (Å²) in [5, 5.41) is 3.55. The topological polar surface area (TPSA) is 56.7 Å². The van der Waals surface area contributed by atoms with E-state index in [-0.39, 0.29) is 20.1 Å². The van der Waals surface area contributed by atoms with Gasteiger partial charge in [0.1, 0.15) is 0 Å².